The van der Waals surface area contributed by atoms with Crippen LogP contribution in [0.5, 0.6) is 5.75 Å². The van der Waals surface area contributed by atoms with Gasteiger partial charge in [0.1, 0.15) is 11.4 Å². The molecule has 0 aliphatic carbocycles. The minimum Gasteiger partial charge on any atom is -0.487 e. The molecule has 5 heteroatoms. The molecule has 0 radical (unpaired) electrons. The van der Waals surface area contributed by atoms with Crippen LogP contribution in [0.25, 0.3) is 0 Å². The maximum Gasteiger partial charge on any atom is 0.126 e. The summed E-state index contributed by atoms with van der Waals surface area (Å²) in [6.07, 6.45) is 1.25. The molecule has 2 N–H and O–H groups in total. The van der Waals surface area contributed by atoms with Gasteiger partial charge in [0.05, 0.1) is 12.2 Å². The fourth-order valence-corrected chi connectivity index (χ4v) is 4.26. The Morgan fingerprint density at radius 2 is 1.88 bits per heavy atom. The van der Waals surface area contributed by atoms with Crippen molar-refractivity contribution < 1.29 is 14.9 Å². The van der Waals surface area contributed by atoms with Gasteiger partial charge in [-0.25, -0.2) is 0 Å². The smallest absolute Gasteiger partial charge is 0.126 e. The van der Waals surface area contributed by atoms with E-state index in [2.05, 4.69) is 4.90 Å². The Labute approximate surface area is 159 Å². The number of rotatable bonds is 3. The Morgan fingerprint density at radius 1 is 1.15 bits per heavy atom. The topological polar surface area (TPSA) is 52.9 Å². The molecule has 0 unspecified atom stereocenters. The molecular formula is C21H24ClNO3. The van der Waals surface area contributed by atoms with E-state index in [0.29, 0.717) is 18.0 Å². The van der Waals surface area contributed by atoms with Crippen LogP contribution in [0.3, 0.4) is 0 Å². The largest absolute Gasteiger partial charge is 0.487 e. The second-order valence-corrected chi connectivity index (χ2v) is 7.85. The van der Waals surface area contributed by atoms with Crippen molar-refractivity contribution in [1.29, 1.82) is 0 Å². The standard InChI is InChI=1S/C21H24ClNO3/c22-16-6-7-20-17(12-16)18(24)13-21(26-20)8-10-23(11-9-21)14-19(25)15-4-2-1-3-5-15/h1-7,12,18-19,24-25H,8-11,13-14H2/t18-,19-/m0/s1. The van der Waals surface area contributed by atoms with Crippen molar-refractivity contribution >= 4 is 11.6 Å². The van der Waals surface area contributed by atoms with Gasteiger partial charge in [-0.05, 0) is 36.6 Å². The minimum absolute atomic E-state index is 0.325. The van der Waals surface area contributed by atoms with Crippen LogP contribution in [-0.4, -0.2) is 40.3 Å². The van der Waals surface area contributed by atoms with Gasteiger partial charge in [0, 0.05) is 36.6 Å². The molecule has 2 heterocycles. The summed E-state index contributed by atoms with van der Waals surface area (Å²) in [5, 5.41) is 21.6. The zero-order valence-electron chi connectivity index (χ0n) is 14.6. The highest BCUT2D eigenvalue weighted by Gasteiger charge is 2.43. The highest BCUT2D eigenvalue weighted by Crippen LogP contribution is 2.45. The molecule has 2 aromatic carbocycles. The highest BCUT2D eigenvalue weighted by molar-refractivity contribution is 6.30. The molecule has 26 heavy (non-hydrogen) atoms. The molecule has 2 aliphatic heterocycles. The molecule has 4 rings (SSSR count). The Kier molecular flexibility index (Phi) is 4.93. The van der Waals surface area contributed by atoms with Crippen LogP contribution in [0.4, 0.5) is 0 Å². The molecule has 0 bridgehead atoms. The second-order valence-electron chi connectivity index (χ2n) is 7.41. The lowest BCUT2D eigenvalue weighted by atomic mass is 9.81. The van der Waals surface area contributed by atoms with Gasteiger partial charge >= 0.3 is 0 Å². The quantitative estimate of drug-likeness (QED) is 0.860. The zero-order valence-corrected chi connectivity index (χ0v) is 15.4. The average Bonchev–Trinajstić information content (AvgIpc) is 2.65. The number of halogens is 1. The highest BCUT2D eigenvalue weighted by atomic mass is 35.5. The average molecular weight is 374 g/mol. The molecule has 0 amide bonds. The SMILES string of the molecule is O[C@@H](CN1CCC2(CC1)C[C@H](O)c1cc(Cl)ccc1O2)c1ccccc1. The predicted octanol–water partition coefficient (Wildman–Crippen LogP) is 3.72. The zero-order chi connectivity index (χ0) is 18.1. The van der Waals surface area contributed by atoms with Crippen LogP contribution in [0.15, 0.2) is 48.5 Å². The maximum absolute atomic E-state index is 10.6. The minimum atomic E-state index is -0.543. The van der Waals surface area contributed by atoms with Crippen LogP contribution in [0.2, 0.25) is 5.02 Å². The van der Waals surface area contributed by atoms with Gasteiger partial charge < -0.3 is 19.8 Å². The molecule has 1 spiro atoms. The van der Waals surface area contributed by atoms with Crippen molar-refractivity contribution in [2.24, 2.45) is 0 Å². The second kappa shape index (κ2) is 7.20. The van der Waals surface area contributed by atoms with E-state index >= 15 is 0 Å². The molecule has 2 atom stereocenters. The van der Waals surface area contributed by atoms with Crippen LogP contribution >= 0.6 is 11.6 Å². The van der Waals surface area contributed by atoms with Crippen molar-refractivity contribution in [3.63, 3.8) is 0 Å². The van der Waals surface area contributed by atoms with Crippen molar-refractivity contribution in [3.8, 4) is 5.75 Å². The fourth-order valence-electron chi connectivity index (χ4n) is 4.08. The van der Waals surface area contributed by atoms with Gasteiger partial charge in [-0.15, -0.1) is 0 Å². The van der Waals surface area contributed by atoms with Crippen molar-refractivity contribution in [2.45, 2.75) is 37.1 Å². The molecule has 2 aliphatic rings. The first-order valence-corrected chi connectivity index (χ1v) is 9.54. The number of ether oxygens (including phenoxy) is 1. The molecular weight excluding hydrogens is 350 g/mol. The number of aliphatic hydroxyl groups excluding tert-OH is 2. The van der Waals surface area contributed by atoms with E-state index in [1.165, 1.54) is 0 Å². The van der Waals surface area contributed by atoms with Crippen LogP contribution in [0, 0.1) is 0 Å². The number of β-amino-alcohol motifs (C(OH)–C–C–N with tert-alkyl or cyclic N) is 1. The number of hydrogen-bond donors (Lipinski definition) is 2. The van der Waals surface area contributed by atoms with E-state index in [1.54, 1.807) is 12.1 Å². The predicted molar refractivity (Wildman–Crippen MR) is 101 cm³/mol. The van der Waals surface area contributed by atoms with Gasteiger partial charge in [0.25, 0.3) is 0 Å². The number of hydrogen-bond acceptors (Lipinski definition) is 4. The third kappa shape index (κ3) is 3.60. The van der Waals surface area contributed by atoms with Gasteiger partial charge in [-0.2, -0.15) is 0 Å². The Morgan fingerprint density at radius 3 is 2.62 bits per heavy atom. The summed E-state index contributed by atoms with van der Waals surface area (Å²) in [5.74, 6) is 0.742. The summed E-state index contributed by atoms with van der Waals surface area (Å²) >= 11 is 6.04. The van der Waals surface area contributed by atoms with E-state index in [1.807, 2.05) is 36.4 Å². The van der Waals surface area contributed by atoms with Gasteiger partial charge in [0.15, 0.2) is 0 Å². The fraction of sp³-hybridized carbons (Fsp3) is 0.429. The molecule has 4 nitrogen and oxygen atoms in total. The first-order chi connectivity index (χ1) is 12.5. The summed E-state index contributed by atoms with van der Waals surface area (Å²) in [5.41, 5.74) is 1.40. The van der Waals surface area contributed by atoms with Crippen LogP contribution < -0.4 is 4.74 Å². The molecule has 1 fully saturated rings. The summed E-state index contributed by atoms with van der Waals surface area (Å²) < 4.78 is 6.32. The molecule has 138 valence electrons. The van der Waals surface area contributed by atoms with Crippen LogP contribution in [0.1, 0.15) is 42.6 Å². The van der Waals surface area contributed by atoms with E-state index < -0.39 is 12.2 Å². The van der Waals surface area contributed by atoms with Gasteiger partial charge in [0.2, 0.25) is 0 Å². The van der Waals surface area contributed by atoms with E-state index in [4.69, 9.17) is 16.3 Å². The number of piperidine rings is 1. The number of fused-ring (bicyclic) bond motifs is 1. The summed E-state index contributed by atoms with van der Waals surface area (Å²) in [6.45, 7) is 2.31. The number of likely N-dealkylation sites (tertiary alicyclic amines) is 1. The lowest BCUT2D eigenvalue weighted by Gasteiger charge is -2.46. The maximum atomic E-state index is 10.6. The Hall–Kier alpha value is -1.59. The lowest BCUT2D eigenvalue weighted by molar-refractivity contribution is -0.0587. The molecule has 2 aromatic rings. The van der Waals surface area contributed by atoms with Crippen molar-refractivity contribution in [2.75, 3.05) is 19.6 Å². The summed E-state index contributed by atoms with van der Waals surface area (Å²) in [7, 11) is 0. The lowest BCUT2D eigenvalue weighted by Crippen LogP contribution is -2.51. The van der Waals surface area contributed by atoms with Crippen LogP contribution in [-0.2, 0) is 0 Å². The van der Waals surface area contributed by atoms with E-state index in [-0.39, 0.29) is 5.60 Å². The summed E-state index contributed by atoms with van der Waals surface area (Å²) in [4.78, 5) is 2.27. The first-order valence-electron chi connectivity index (χ1n) is 9.17. The number of nitrogens with zero attached hydrogens (tertiary/aromatic N) is 1. The van der Waals surface area contributed by atoms with Gasteiger partial charge in [-0.3, -0.25) is 0 Å². The normalized spacial score (nSPS) is 23.3. The Bertz CT molecular complexity index is 759. The van der Waals surface area contributed by atoms with Gasteiger partial charge in [-0.1, -0.05) is 41.9 Å². The van der Waals surface area contributed by atoms with E-state index in [9.17, 15) is 10.2 Å². The molecule has 0 aromatic heterocycles. The Balaban J connectivity index is 1.40. The number of aliphatic hydroxyl groups is 2. The number of benzene rings is 2. The first kappa shape index (κ1) is 17.8. The third-order valence-corrected chi connectivity index (χ3v) is 5.84. The van der Waals surface area contributed by atoms with Crippen molar-refractivity contribution in [1.82, 2.24) is 4.90 Å². The summed E-state index contributed by atoms with van der Waals surface area (Å²) in [6, 6.07) is 15.2. The molecule has 1 saturated heterocycles. The van der Waals surface area contributed by atoms with E-state index in [0.717, 1.165) is 42.8 Å². The molecule has 0 saturated carbocycles. The monoisotopic (exact) mass is 373 g/mol. The third-order valence-electron chi connectivity index (χ3n) is 5.61. The van der Waals surface area contributed by atoms with Crippen molar-refractivity contribution in [3.05, 3.63) is 64.7 Å².